The zero-order chi connectivity index (χ0) is 18.9. The first-order valence-electron chi connectivity index (χ1n) is 8.18. The van der Waals surface area contributed by atoms with E-state index in [1.807, 2.05) is 4.98 Å². The molecule has 0 aromatic carbocycles. The average molecular weight is 391 g/mol. The Morgan fingerprint density at radius 1 is 1.31 bits per heavy atom. The lowest BCUT2D eigenvalue weighted by Gasteiger charge is -2.32. The van der Waals surface area contributed by atoms with Gasteiger partial charge in [-0.1, -0.05) is 0 Å². The van der Waals surface area contributed by atoms with E-state index in [2.05, 4.69) is 0 Å². The van der Waals surface area contributed by atoms with E-state index in [1.54, 1.807) is 4.67 Å². The van der Waals surface area contributed by atoms with Crippen molar-refractivity contribution in [3.8, 4) is 0 Å². The molecule has 0 aliphatic carbocycles. The molecule has 0 radical (unpaired) electrons. The zero-order valence-corrected chi connectivity index (χ0v) is 15.1. The van der Waals surface area contributed by atoms with E-state index < -0.39 is 43.3 Å². The topological polar surface area (TPSA) is 143 Å². The van der Waals surface area contributed by atoms with Crippen molar-refractivity contribution in [2.75, 3.05) is 39.6 Å². The maximum Gasteiger partial charge on any atom is 0.330 e. The first-order chi connectivity index (χ1) is 12.3. The van der Waals surface area contributed by atoms with Gasteiger partial charge in [-0.25, -0.2) is 9.46 Å². The molecule has 2 aliphatic rings. The SMILES string of the molecule is CP(=O)(OC[C@H]1O[C@@H](n2ccc(=O)[nH]c2=O)C(O)[C@H]1O)N1CCOCC1. The highest BCUT2D eigenvalue weighted by Crippen LogP contribution is 2.47. The third-order valence-electron chi connectivity index (χ3n) is 4.44. The monoisotopic (exact) mass is 391 g/mol. The van der Waals surface area contributed by atoms with Crippen LogP contribution in [0.4, 0.5) is 0 Å². The molecule has 12 heteroatoms. The number of H-pyrrole nitrogens is 1. The van der Waals surface area contributed by atoms with Crippen molar-refractivity contribution in [1.29, 1.82) is 0 Å². The van der Waals surface area contributed by atoms with Gasteiger partial charge >= 0.3 is 5.69 Å². The first-order valence-corrected chi connectivity index (χ1v) is 10.2. The molecule has 0 spiro atoms. The maximum atomic E-state index is 12.7. The van der Waals surface area contributed by atoms with Crippen LogP contribution in [0.25, 0.3) is 0 Å². The van der Waals surface area contributed by atoms with Crippen LogP contribution in [0.15, 0.2) is 21.9 Å². The number of nitrogens with zero attached hydrogens (tertiary/aromatic N) is 2. The predicted octanol–water partition coefficient (Wildman–Crippen LogP) is -1.67. The quantitative estimate of drug-likeness (QED) is 0.502. The minimum atomic E-state index is -3.11. The highest BCUT2D eigenvalue weighted by Gasteiger charge is 2.45. The van der Waals surface area contributed by atoms with E-state index in [0.717, 1.165) is 10.6 Å². The molecule has 0 saturated carbocycles. The van der Waals surface area contributed by atoms with Gasteiger partial charge in [0.25, 0.3) is 13.1 Å². The van der Waals surface area contributed by atoms with Crippen LogP contribution in [-0.2, 0) is 18.6 Å². The van der Waals surface area contributed by atoms with Crippen LogP contribution >= 0.6 is 7.52 Å². The van der Waals surface area contributed by atoms with Gasteiger partial charge in [0.15, 0.2) is 6.23 Å². The Kier molecular flexibility index (Phi) is 5.78. The number of hydrogen-bond acceptors (Lipinski definition) is 8. The fourth-order valence-corrected chi connectivity index (χ4v) is 4.41. The number of nitrogens with one attached hydrogen (secondary N) is 1. The first kappa shape index (κ1) is 19.4. The lowest BCUT2D eigenvalue weighted by atomic mass is 10.1. The molecule has 26 heavy (non-hydrogen) atoms. The average Bonchev–Trinajstić information content (AvgIpc) is 2.89. The number of hydrogen-bond donors (Lipinski definition) is 3. The highest BCUT2D eigenvalue weighted by molar-refractivity contribution is 7.55. The molecule has 1 aromatic rings. The number of morpholine rings is 1. The molecule has 11 nitrogen and oxygen atoms in total. The van der Waals surface area contributed by atoms with E-state index >= 15 is 0 Å². The van der Waals surface area contributed by atoms with Crippen molar-refractivity contribution in [3.63, 3.8) is 0 Å². The summed E-state index contributed by atoms with van der Waals surface area (Å²) in [7, 11) is -3.11. The van der Waals surface area contributed by atoms with E-state index in [0.29, 0.717) is 26.3 Å². The molecule has 5 atom stereocenters. The van der Waals surface area contributed by atoms with Crippen LogP contribution in [-0.4, -0.2) is 82.3 Å². The summed E-state index contributed by atoms with van der Waals surface area (Å²) in [5, 5.41) is 20.4. The second-order valence-corrected chi connectivity index (χ2v) is 8.66. The van der Waals surface area contributed by atoms with Crippen molar-refractivity contribution >= 4 is 7.52 Å². The van der Waals surface area contributed by atoms with Crippen molar-refractivity contribution in [2.45, 2.75) is 24.5 Å². The standard InChI is InChI=1S/C14H22N3O8P/c1-26(22,16-4-6-23-7-5-16)24-8-9-11(19)12(20)13(25-9)17-3-2-10(18)15-14(17)21/h2-3,9,11-13,19-20H,4-8H2,1H3,(H,15,18,21)/t9-,11+,12?,13-,26?/m1/s1. The van der Waals surface area contributed by atoms with Gasteiger partial charge in [-0.05, 0) is 0 Å². The second kappa shape index (κ2) is 7.73. The molecule has 2 aliphatic heterocycles. The summed E-state index contributed by atoms with van der Waals surface area (Å²) in [4.78, 5) is 25.0. The second-order valence-electron chi connectivity index (χ2n) is 6.23. The summed E-state index contributed by atoms with van der Waals surface area (Å²) >= 11 is 0. The van der Waals surface area contributed by atoms with Gasteiger partial charge < -0.3 is 24.2 Å². The summed E-state index contributed by atoms with van der Waals surface area (Å²) in [5.41, 5.74) is -1.36. The Bertz CT molecular complexity index is 789. The predicted molar refractivity (Wildman–Crippen MR) is 89.1 cm³/mol. The van der Waals surface area contributed by atoms with Gasteiger partial charge in [0, 0.05) is 32.0 Å². The molecule has 146 valence electrons. The van der Waals surface area contributed by atoms with Gasteiger partial charge in [0.1, 0.15) is 18.3 Å². The van der Waals surface area contributed by atoms with Crippen LogP contribution in [0.2, 0.25) is 0 Å². The summed E-state index contributed by atoms with van der Waals surface area (Å²) in [6.45, 7) is 3.11. The van der Waals surface area contributed by atoms with E-state index in [4.69, 9.17) is 14.0 Å². The molecule has 3 N–H and O–H groups in total. The molecule has 2 unspecified atom stereocenters. The van der Waals surface area contributed by atoms with Crippen molar-refractivity contribution in [2.24, 2.45) is 0 Å². The molecule has 1 aromatic heterocycles. The number of aromatic nitrogens is 2. The Hall–Kier alpha value is -1.33. The normalized spacial score (nSPS) is 32.4. The van der Waals surface area contributed by atoms with Gasteiger partial charge in [-0.3, -0.25) is 18.9 Å². The van der Waals surface area contributed by atoms with Gasteiger partial charge in [-0.15, -0.1) is 0 Å². The summed E-state index contributed by atoms with van der Waals surface area (Å²) < 4.78 is 31.6. The highest BCUT2D eigenvalue weighted by atomic mass is 31.2. The minimum absolute atomic E-state index is 0.224. The molecular formula is C14H22N3O8P. The summed E-state index contributed by atoms with van der Waals surface area (Å²) in [6, 6.07) is 1.10. The molecule has 3 heterocycles. The van der Waals surface area contributed by atoms with Crippen molar-refractivity contribution < 1.29 is 28.8 Å². The van der Waals surface area contributed by atoms with E-state index in [9.17, 15) is 24.4 Å². The lowest BCUT2D eigenvalue weighted by molar-refractivity contribution is -0.0525. The summed E-state index contributed by atoms with van der Waals surface area (Å²) in [5.74, 6) is 0. The smallest absolute Gasteiger partial charge is 0.330 e. The molecular weight excluding hydrogens is 369 g/mol. The Morgan fingerprint density at radius 2 is 2.00 bits per heavy atom. The summed E-state index contributed by atoms with van der Waals surface area (Å²) in [6.07, 6.45) is -3.76. The molecule has 0 amide bonds. The Morgan fingerprint density at radius 3 is 2.65 bits per heavy atom. The number of aliphatic hydroxyl groups is 2. The zero-order valence-electron chi connectivity index (χ0n) is 14.2. The third kappa shape index (κ3) is 3.99. The van der Waals surface area contributed by atoms with Gasteiger partial charge in [0.2, 0.25) is 0 Å². The molecule has 2 fully saturated rings. The van der Waals surface area contributed by atoms with Crippen LogP contribution in [0.1, 0.15) is 6.23 Å². The van der Waals surface area contributed by atoms with Crippen LogP contribution in [0, 0.1) is 0 Å². The Balaban J connectivity index is 1.67. The molecule has 0 bridgehead atoms. The number of rotatable bonds is 5. The van der Waals surface area contributed by atoms with E-state index in [1.165, 1.54) is 12.9 Å². The lowest BCUT2D eigenvalue weighted by Crippen LogP contribution is -2.38. The Labute approximate surface area is 148 Å². The van der Waals surface area contributed by atoms with E-state index in [-0.39, 0.29) is 6.61 Å². The maximum absolute atomic E-state index is 12.7. The fraction of sp³-hybridized carbons (Fsp3) is 0.714. The fourth-order valence-electron chi connectivity index (χ4n) is 2.93. The number of aromatic amines is 1. The van der Waals surface area contributed by atoms with Gasteiger partial charge in [-0.2, -0.15) is 0 Å². The van der Waals surface area contributed by atoms with Crippen molar-refractivity contribution in [3.05, 3.63) is 33.1 Å². The minimum Gasteiger partial charge on any atom is -0.387 e. The molecule has 3 rings (SSSR count). The number of ether oxygens (including phenoxy) is 2. The molecule has 2 saturated heterocycles. The number of aliphatic hydroxyl groups excluding tert-OH is 2. The largest absolute Gasteiger partial charge is 0.387 e. The van der Waals surface area contributed by atoms with Crippen molar-refractivity contribution in [1.82, 2.24) is 14.2 Å². The van der Waals surface area contributed by atoms with Crippen LogP contribution in [0.5, 0.6) is 0 Å². The van der Waals surface area contributed by atoms with Crippen LogP contribution < -0.4 is 11.2 Å². The van der Waals surface area contributed by atoms with Gasteiger partial charge in [0.05, 0.1) is 19.8 Å². The van der Waals surface area contributed by atoms with Crippen LogP contribution in [0.3, 0.4) is 0 Å². The third-order valence-corrected chi connectivity index (χ3v) is 6.50.